The molecule has 0 aromatic heterocycles. The molecule has 1 amide bonds. The summed E-state index contributed by atoms with van der Waals surface area (Å²) in [4.78, 5) is 12.3. The number of ether oxygens (including phenoxy) is 2. The fourth-order valence-corrected chi connectivity index (χ4v) is 5.28. The molecule has 0 saturated heterocycles. The Morgan fingerprint density at radius 3 is 1.42 bits per heavy atom. The molecule has 0 fully saturated rings. The lowest BCUT2D eigenvalue weighted by molar-refractivity contribution is 0.102. The number of benzene rings is 8. The van der Waals surface area contributed by atoms with Gasteiger partial charge in [-0.25, -0.2) is 0 Å². The van der Waals surface area contributed by atoms with Crippen LogP contribution in [0.15, 0.2) is 182 Å². The summed E-state index contributed by atoms with van der Waals surface area (Å²) in [7, 11) is 0. The van der Waals surface area contributed by atoms with Crippen molar-refractivity contribution in [3.8, 4) is 34.5 Å². The van der Waals surface area contributed by atoms with Gasteiger partial charge in [-0.2, -0.15) is 0 Å². The second-order valence-corrected chi connectivity index (χ2v) is 12.1. The lowest BCUT2D eigenvalue weighted by atomic mass is 10.1. The first-order valence-electron chi connectivity index (χ1n) is 16.9. The predicted molar refractivity (Wildman–Crippen MR) is 214 cm³/mol. The summed E-state index contributed by atoms with van der Waals surface area (Å²) >= 11 is 0. The molecule has 262 valence electrons. The summed E-state index contributed by atoms with van der Waals surface area (Å²) in [5.74, 6) is 3.00. The first-order valence-corrected chi connectivity index (χ1v) is 16.9. The Balaban J connectivity index is 0.000000158. The minimum Gasteiger partial charge on any atom is -0.506 e. The third kappa shape index (κ3) is 9.93. The number of amides is 1. The Bertz CT molecular complexity index is 2420. The zero-order chi connectivity index (χ0) is 37.0. The van der Waals surface area contributed by atoms with E-state index in [-0.39, 0.29) is 17.4 Å². The molecule has 7 heteroatoms. The third-order valence-electron chi connectivity index (χ3n) is 8.14. The summed E-state index contributed by atoms with van der Waals surface area (Å²) in [6.45, 7) is 2.07. The van der Waals surface area contributed by atoms with Gasteiger partial charge in [0.05, 0.1) is 11.4 Å². The summed E-state index contributed by atoms with van der Waals surface area (Å²) < 4.78 is 11.7. The summed E-state index contributed by atoms with van der Waals surface area (Å²) in [5, 5.41) is 25.9. The fraction of sp³-hybridized carbons (Fsp3) is 0.0217. The molecule has 0 bridgehead atoms. The second kappa shape index (κ2) is 17.1. The molecule has 5 N–H and O–H groups in total. The number of nitrogens with two attached hydrogens (primary N) is 1. The number of phenols is 2. The number of nitrogens with one attached hydrogen (secondary N) is 1. The molecule has 53 heavy (non-hydrogen) atoms. The number of rotatable bonds is 6. The number of carbonyl (C=O) groups is 1. The molecule has 8 rings (SSSR count). The maximum atomic E-state index is 12.3. The van der Waals surface area contributed by atoms with Crippen LogP contribution in [0, 0.1) is 6.92 Å². The lowest BCUT2D eigenvalue weighted by Gasteiger charge is -2.09. The average Bonchev–Trinajstić information content (AvgIpc) is 3.18. The van der Waals surface area contributed by atoms with Crippen molar-refractivity contribution >= 4 is 38.8 Å². The summed E-state index contributed by atoms with van der Waals surface area (Å²) in [6.07, 6.45) is 0. The highest BCUT2D eigenvalue weighted by Crippen LogP contribution is 2.28. The van der Waals surface area contributed by atoms with E-state index >= 15 is 0 Å². The van der Waals surface area contributed by atoms with Crippen LogP contribution >= 0.6 is 0 Å². The molecule has 0 aliphatic carbocycles. The number of aryl methyl sites for hydroxylation is 1. The summed E-state index contributed by atoms with van der Waals surface area (Å²) in [6, 6.07) is 56.7. The van der Waals surface area contributed by atoms with Gasteiger partial charge in [-0.1, -0.05) is 103 Å². The summed E-state index contributed by atoms with van der Waals surface area (Å²) in [5.41, 5.74) is 7.78. The van der Waals surface area contributed by atoms with Crippen LogP contribution in [0.2, 0.25) is 0 Å². The van der Waals surface area contributed by atoms with Crippen molar-refractivity contribution in [3.63, 3.8) is 0 Å². The first kappa shape index (κ1) is 35.6. The third-order valence-corrected chi connectivity index (χ3v) is 8.14. The van der Waals surface area contributed by atoms with E-state index in [9.17, 15) is 9.90 Å². The van der Waals surface area contributed by atoms with E-state index in [0.717, 1.165) is 28.0 Å². The molecule has 8 aromatic carbocycles. The molecule has 0 heterocycles. The predicted octanol–water partition coefficient (Wildman–Crippen LogP) is 11.5. The molecule has 8 aromatic rings. The van der Waals surface area contributed by atoms with Gasteiger partial charge in [-0.3, -0.25) is 4.79 Å². The van der Waals surface area contributed by atoms with E-state index in [2.05, 4.69) is 54.7 Å². The number of hydrogen-bond acceptors (Lipinski definition) is 6. The van der Waals surface area contributed by atoms with Crippen LogP contribution < -0.4 is 20.5 Å². The van der Waals surface area contributed by atoms with Crippen LogP contribution in [-0.4, -0.2) is 16.1 Å². The van der Waals surface area contributed by atoms with Gasteiger partial charge in [-0.05, 0) is 113 Å². The SMILES string of the molecule is Cc1ccc(Oc2ccc3ccccc3c2)cc1.Nc1ccccc1O.O=C(Nc1ccccc1O)c1ccc(Oc2ccc3ccccc3c2)cc1. The van der Waals surface area contributed by atoms with Crippen molar-refractivity contribution in [2.75, 3.05) is 11.1 Å². The van der Waals surface area contributed by atoms with Gasteiger partial charge in [0.25, 0.3) is 5.91 Å². The van der Waals surface area contributed by atoms with E-state index < -0.39 is 0 Å². The number of fused-ring (bicyclic) bond motifs is 2. The Hall–Kier alpha value is -7.25. The van der Waals surface area contributed by atoms with E-state index in [4.69, 9.17) is 20.3 Å². The van der Waals surface area contributed by atoms with Crippen molar-refractivity contribution in [3.05, 3.63) is 193 Å². The zero-order valence-electron chi connectivity index (χ0n) is 29.0. The number of para-hydroxylation sites is 4. The molecular formula is C46H38N2O5. The van der Waals surface area contributed by atoms with Gasteiger partial charge in [0.15, 0.2) is 0 Å². The Morgan fingerprint density at radius 1 is 0.491 bits per heavy atom. The van der Waals surface area contributed by atoms with Crippen molar-refractivity contribution in [2.45, 2.75) is 6.92 Å². The Labute approximate surface area is 308 Å². The minimum absolute atomic E-state index is 0.0297. The van der Waals surface area contributed by atoms with Gasteiger partial charge in [0.2, 0.25) is 0 Å². The van der Waals surface area contributed by atoms with Crippen molar-refractivity contribution in [1.82, 2.24) is 0 Å². The molecular weight excluding hydrogens is 661 g/mol. The molecule has 0 aliphatic rings. The largest absolute Gasteiger partial charge is 0.506 e. The Morgan fingerprint density at radius 2 is 0.925 bits per heavy atom. The normalized spacial score (nSPS) is 10.3. The number of phenolic OH excluding ortho intramolecular Hbond substituents is 2. The van der Waals surface area contributed by atoms with Gasteiger partial charge in [-0.15, -0.1) is 0 Å². The zero-order valence-corrected chi connectivity index (χ0v) is 29.0. The monoisotopic (exact) mass is 698 g/mol. The molecule has 0 spiro atoms. The van der Waals surface area contributed by atoms with Crippen molar-refractivity contribution in [2.24, 2.45) is 0 Å². The van der Waals surface area contributed by atoms with E-state index in [1.807, 2.05) is 66.7 Å². The van der Waals surface area contributed by atoms with Crippen molar-refractivity contribution in [1.29, 1.82) is 0 Å². The number of nitrogen functional groups attached to an aromatic ring is 1. The molecule has 0 radical (unpaired) electrons. The fourth-order valence-electron chi connectivity index (χ4n) is 5.28. The van der Waals surface area contributed by atoms with Crippen LogP contribution in [0.3, 0.4) is 0 Å². The van der Waals surface area contributed by atoms with E-state index in [1.54, 1.807) is 66.7 Å². The number of carbonyl (C=O) groups excluding carboxylic acids is 1. The van der Waals surface area contributed by atoms with Crippen LogP contribution in [0.4, 0.5) is 11.4 Å². The maximum Gasteiger partial charge on any atom is 0.255 e. The first-order chi connectivity index (χ1) is 25.8. The van der Waals surface area contributed by atoms with Crippen LogP contribution in [0.1, 0.15) is 15.9 Å². The molecule has 0 atom stereocenters. The van der Waals surface area contributed by atoms with Crippen LogP contribution in [0.25, 0.3) is 21.5 Å². The van der Waals surface area contributed by atoms with Crippen LogP contribution in [-0.2, 0) is 0 Å². The highest BCUT2D eigenvalue weighted by atomic mass is 16.5. The van der Waals surface area contributed by atoms with Crippen molar-refractivity contribution < 1.29 is 24.5 Å². The van der Waals surface area contributed by atoms with E-state index in [1.165, 1.54) is 22.4 Å². The van der Waals surface area contributed by atoms with Gasteiger partial charge >= 0.3 is 0 Å². The second-order valence-electron chi connectivity index (χ2n) is 12.1. The molecule has 0 aliphatic heterocycles. The molecule has 7 nitrogen and oxygen atoms in total. The standard InChI is InChI=1S/C23H17NO3.C17H14O.C6H7NO/c25-22-8-4-3-7-21(22)24-23(26)17-10-12-19(13-11-17)27-20-14-9-16-5-1-2-6-18(16)15-20;1-13-6-9-16(10-7-13)18-17-11-8-14-4-2-3-5-15(14)12-17;7-5-3-1-2-4-6(5)8/h1-15,25H,(H,24,26);2-12H,1H3;1-4,8H,7H2. The topological polar surface area (TPSA) is 114 Å². The van der Waals surface area contributed by atoms with Crippen LogP contribution in [0.5, 0.6) is 34.5 Å². The average molecular weight is 699 g/mol. The van der Waals surface area contributed by atoms with Gasteiger partial charge in [0.1, 0.15) is 34.5 Å². The smallest absolute Gasteiger partial charge is 0.255 e. The Kier molecular flexibility index (Phi) is 11.5. The lowest BCUT2D eigenvalue weighted by Crippen LogP contribution is -2.11. The quantitative estimate of drug-likeness (QED) is 0.102. The number of anilines is 2. The highest BCUT2D eigenvalue weighted by Gasteiger charge is 2.09. The van der Waals surface area contributed by atoms with Gasteiger partial charge in [0, 0.05) is 5.56 Å². The molecule has 0 unspecified atom stereocenters. The number of hydrogen-bond donors (Lipinski definition) is 4. The maximum absolute atomic E-state index is 12.3. The highest BCUT2D eigenvalue weighted by molar-refractivity contribution is 6.05. The van der Waals surface area contributed by atoms with E-state index in [0.29, 0.717) is 22.7 Å². The van der Waals surface area contributed by atoms with Gasteiger partial charge < -0.3 is 30.7 Å². The molecule has 0 saturated carbocycles. The minimum atomic E-state index is -0.297. The number of aromatic hydroxyl groups is 2.